The van der Waals surface area contributed by atoms with Crippen LogP contribution >= 0.6 is 11.8 Å². The maximum absolute atomic E-state index is 5.69. The number of hydrogen-bond donors (Lipinski definition) is 1. The molecule has 0 unspecified atom stereocenters. The number of nitrogens with two attached hydrogens (primary N) is 1. The highest BCUT2D eigenvalue weighted by Gasteiger charge is 1.97. The van der Waals surface area contributed by atoms with E-state index >= 15 is 0 Å². The Labute approximate surface area is 92.8 Å². The lowest BCUT2D eigenvalue weighted by Gasteiger charge is -2.01. The summed E-state index contributed by atoms with van der Waals surface area (Å²) in [5, 5.41) is 0.979. The minimum absolute atomic E-state index is 0.802. The smallest absolute Gasteiger partial charge is 0.116 e. The maximum atomic E-state index is 5.69. The van der Waals surface area contributed by atoms with E-state index in [-0.39, 0.29) is 0 Å². The summed E-state index contributed by atoms with van der Waals surface area (Å²) >= 11 is 1.68. The van der Waals surface area contributed by atoms with Crippen LogP contribution in [0.3, 0.4) is 0 Å². The lowest BCUT2D eigenvalue weighted by molar-refractivity contribution is 1.05. The monoisotopic (exact) mass is 217 g/mol. The van der Waals surface area contributed by atoms with Crippen molar-refractivity contribution in [2.24, 2.45) is 0 Å². The average molecular weight is 217 g/mol. The van der Waals surface area contributed by atoms with E-state index in [1.54, 1.807) is 24.3 Å². The Morgan fingerprint density at radius 3 is 2.93 bits per heavy atom. The fraction of sp³-hybridized carbons (Fsp3) is 0.0909. The zero-order valence-electron chi connectivity index (χ0n) is 8.13. The molecule has 1 aromatic carbocycles. The van der Waals surface area contributed by atoms with Crippen molar-refractivity contribution in [3.8, 4) is 0 Å². The summed E-state index contributed by atoms with van der Waals surface area (Å²) in [7, 11) is 0. The number of aromatic nitrogens is 2. The van der Waals surface area contributed by atoms with Crippen molar-refractivity contribution in [3.05, 3.63) is 48.4 Å². The number of hydrogen-bond acceptors (Lipinski definition) is 4. The standard InChI is InChI=1S/C11H11N3S/c12-10-3-1-2-9(6-10)7-15-11-4-5-13-8-14-11/h1-6,8H,7,12H2. The molecule has 0 amide bonds. The van der Waals surface area contributed by atoms with Gasteiger partial charge < -0.3 is 5.73 Å². The minimum Gasteiger partial charge on any atom is -0.399 e. The molecular weight excluding hydrogens is 206 g/mol. The normalized spacial score (nSPS) is 10.1. The predicted octanol–water partition coefficient (Wildman–Crippen LogP) is 2.35. The molecule has 0 radical (unpaired) electrons. The van der Waals surface area contributed by atoms with E-state index in [0.29, 0.717) is 0 Å². The number of nitrogens with zero attached hydrogens (tertiary/aromatic N) is 2. The lowest BCUT2D eigenvalue weighted by atomic mass is 10.2. The van der Waals surface area contributed by atoms with Crippen LogP contribution in [-0.4, -0.2) is 9.97 Å². The third kappa shape index (κ3) is 2.95. The summed E-state index contributed by atoms with van der Waals surface area (Å²) in [5.74, 6) is 0.877. The van der Waals surface area contributed by atoms with Crippen LogP contribution < -0.4 is 5.73 Å². The fourth-order valence-electron chi connectivity index (χ4n) is 1.20. The first-order valence-electron chi connectivity index (χ1n) is 4.58. The van der Waals surface area contributed by atoms with Gasteiger partial charge in [0.1, 0.15) is 6.33 Å². The van der Waals surface area contributed by atoms with Crippen LogP contribution in [0.25, 0.3) is 0 Å². The van der Waals surface area contributed by atoms with Gasteiger partial charge in [-0.05, 0) is 23.8 Å². The Bertz CT molecular complexity index is 431. The van der Waals surface area contributed by atoms with E-state index in [9.17, 15) is 0 Å². The minimum atomic E-state index is 0.802. The molecule has 15 heavy (non-hydrogen) atoms. The molecule has 76 valence electrons. The molecule has 1 heterocycles. The number of nitrogen functional groups attached to an aromatic ring is 1. The van der Waals surface area contributed by atoms with Gasteiger partial charge in [0.25, 0.3) is 0 Å². The van der Waals surface area contributed by atoms with Gasteiger partial charge in [0, 0.05) is 17.6 Å². The highest BCUT2D eigenvalue weighted by molar-refractivity contribution is 7.98. The van der Waals surface area contributed by atoms with Crippen LogP contribution in [0.15, 0.2) is 47.9 Å². The van der Waals surface area contributed by atoms with Gasteiger partial charge in [-0.1, -0.05) is 12.1 Å². The zero-order valence-corrected chi connectivity index (χ0v) is 8.95. The summed E-state index contributed by atoms with van der Waals surface area (Å²) in [5.41, 5.74) is 7.70. The number of benzene rings is 1. The molecule has 0 aliphatic heterocycles. The first-order valence-corrected chi connectivity index (χ1v) is 5.56. The summed E-state index contributed by atoms with van der Waals surface area (Å²) in [6, 6.07) is 9.79. The third-order valence-electron chi connectivity index (χ3n) is 1.89. The summed E-state index contributed by atoms with van der Waals surface area (Å²) in [6.07, 6.45) is 3.30. The van der Waals surface area contributed by atoms with Crippen molar-refractivity contribution in [1.29, 1.82) is 0 Å². The second kappa shape index (κ2) is 4.79. The summed E-state index contributed by atoms with van der Waals surface area (Å²) < 4.78 is 0. The van der Waals surface area contributed by atoms with E-state index in [1.165, 1.54) is 5.56 Å². The second-order valence-electron chi connectivity index (χ2n) is 3.08. The predicted molar refractivity (Wildman–Crippen MR) is 62.4 cm³/mol. The molecule has 2 N–H and O–H groups in total. The molecule has 1 aromatic heterocycles. The Morgan fingerprint density at radius 1 is 1.27 bits per heavy atom. The number of thioether (sulfide) groups is 1. The zero-order chi connectivity index (χ0) is 10.5. The Kier molecular flexibility index (Phi) is 3.19. The average Bonchev–Trinajstić information content (AvgIpc) is 2.28. The van der Waals surface area contributed by atoms with E-state index in [1.807, 2.05) is 24.3 Å². The van der Waals surface area contributed by atoms with Crippen molar-refractivity contribution in [1.82, 2.24) is 9.97 Å². The topological polar surface area (TPSA) is 51.8 Å². The Hall–Kier alpha value is -1.55. The molecule has 0 aliphatic rings. The Balaban J connectivity index is 1.99. The highest BCUT2D eigenvalue weighted by atomic mass is 32.2. The van der Waals surface area contributed by atoms with E-state index in [0.717, 1.165) is 16.5 Å². The molecular formula is C11H11N3S. The van der Waals surface area contributed by atoms with Crippen LogP contribution in [0, 0.1) is 0 Å². The fourth-order valence-corrected chi connectivity index (χ4v) is 1.98. The van der Waals surface area contributed by atoms with Gasteiger partial charge >= 0.3 is 0 Å². The SMILES string of the molecule is Nc1cccc(CSc2ccncn2)c1. The molecule has 0 spiro atoms. The Morgan fingerprint density at radius 2 is 2.20 bits per heavy atom. The second-order valence-corrected chi connectivity index (χ2v) is 4.08. The van der Waals surface area contributed by atoms with Gasteiger partial charge in [-0.15, -0.1) is 11.8 Å². The quantitative estimate of drug-likeness (QED) is 0.487. The van der Waals surface area contributed by atoms with Crippen LogP contribution in [0.4, 0.5) is 5.69 Å². The highest BCUT2D eigenvalue weighted by Crippen LogP contribution is 2.20. The van der Waals surface area contributed by atoms with Crippen molar-refractivity contribution >= 4 is 17.4 Å². The molecule has 0 aliphatic carbocycles. The molecule has 2 rings (SSSR count). The maximum Gasteiger partial charge on any atom is 0.116 e. The van der Waals surface area contributed by atoms with Gasteiger partial charge in [-0.25, -0.2) is 9.97 Å². The van der Waals surface area contributed by atoms with E-state index in [2.05, 4.69) is 16.0 Å². The molecule has 2 aromatic rings. The van der Waals surface area contributed by atoms with Gasteiger partial charge in [-0.2, -0.15) is 0 Å². The largest absolute Gasteiger partial charge is 0.399 e. The third-order valence-corrected chi connectivity index (χ3v) is 2.91. The number of anilines is 1. The van der Waals surface area contributed by atoms with E-state index < -0.39 is 0 Å². The van der Waals surface area contributed by atoms with E-state index in [4.69, 9.17) is 5.73 Å². The molecule has 0 bridgehead atoms. The van der Waals surface area contributed by atoms with Gasteiger partial charge in [0.15, 0.2) is 0 Å². The summed E-state index contributed by atoms with van der Waals surface area (Å²) in [4.78, 5) is 8.01. The number of rotatable bonds is 3. The molecule has 0 fully saturated rings. The van der Waals surface area contributed by atoms with Crippen LogP contribution in [0.5, 0.6) is 0 Å². The van der Waals surface area contributed by atoms with Gasteiger partial charge in [0.2, 0.25) is 0 Å². The molecule has 4 heteroatoms. The molecule has 0 saturated heterocycles. The lowest BCUT2D eigenvalue weighted by Crippen LogP contribution is -1.87. The summed E-state index contributed by atoms with van der Waals surface area (Å²) in [6.45, 7) is 0. The van der Waals surface area contributed by atoms with Crippen molar-refractivity contribution in [2.45, 2.75) is 10.8 Å². The molecule has 0 atom stereocenters. The molecule has 0 saturated carbocycles. The van der Waals surface area contributed by atoms with Gasteiger partial charge in [-0.3, -0.25) is 0 Å². The van der Waals surface area contributed by atoms with Crippen LogP contribution in [-0.2, 0) is 5.75 Å². The van der Waals surface area contributed by atoms with Crippen molar-refractivity contribution < 1.29 is 0 Å². The van der Waals surface area contributed by atoms with Crippen LogP contribution in [0.2, 0.25) is 0 Å². The van der Waals surface area contributed by atoms with Crippen molar-refractivity contribution in [2.75, 3.05) is 5.73 Å². The van der Waals surface area contributed by atoms with Crippen molar-refractivity contribution in [3.63, 3.8) is 0 Å². The van der Waals surface area contributed by atoms with Gasteiger partial charge in [0.05, 0.1) is 5.03 Å². The first-order chi connectivity index (χ1) is 7.34. The molecule has 3 nitrogen and oxygen atoms in total. The van der Waals surface area contributed by atoms with Crippen LogP contribution in [0.1, 0.15) is 5.56 Å². The first kappa shape index (κ1) is 9.98.